The first-order valence-corrected chi connectivity index (χ1v) is 7.39. The molecule has 0 aromatic heterocycles. The third kappa shape index (κ3) is 3.80. The third-order valence-corrected chi connectivity index (χ3v) is 4.70. The second-order valence-electron chi connectivity index (χ2n) is 4.08. The van der Waals surface area contributed by atoms with Gasteiger partial charge in [-0.2, -0.15) is 0 Å². The molecule has 2 aromatic rings. The Labute approximate surface area is 133 Å². The maximum atomic E-state index is 13.5. The summed E-state index contributed by atoms with van der Waals surface area (Å²) < 4.78 is 27.3. The zero-order valence-corrected chi connectivity index (χ0v) is 13.3. The average molecular weight is 413 g/mol. The maximum absolute atomic E-state index is 13.5. The summed E-state index contributed by atoms with van der Waals surface area (Å²) >= 11 is 14.4. The number of benzene rings is 2. The Bertz CT molecular complexity index is 602. The smallest absolute Gasteiger partial charge is 0.129 e. The lowest BCUT2D eigenvalue weighted by Crippen LogP contribution is -1.99. The fourth-order valence-electron chi connectivity index (χ4n) is 1.71. The van der Waals surface area contributed by atoms with E-state index in [2.05, 4.69) is 22.6 Å². The van der Waals surface area contributed by atoms with Crippen LogP contribution in [0.25, 0.3) is 0 Å². The van der Waals surface area contributed by atoms with Crippen molar-refractivity contribution >= 4 is 45.8 Å². The first-order chi connectivity index (χ1) is 8.97. The molecule has 5 heteroatoms. The molecule has 1 unspecified atom stereocenters. The van der Waals surface area contributed by atoms with Gasteiger partial charge in [0, 0.05) is 9.64 Å². The lowest BCUT2D eigenvalue weighted by Gasteiger charge is -2.11. The number of hydrogen-bond donors (Lipinski definition) is 0. The molecule has 0 aliphatic rings. The van der Waals surface area contributed by atoms with Gasteiger partial charge in [-0.05, 0) is 58.3 Å². The molecule has 0 amide bonds. The largest absolute Gasteiger partial charge is 0.207 e. The predicted molar refractivity (Wildman–Crippen MR) is 82.8 cm³/mol. The molecule has 1 atom stereocenters. The highest BCUT2D eigenvalue weighted by molar-refractivity contribution is 14.1. The molecule has 0 saturated heterocycles. The molecule has 2 rings (SSSR count). The Morgan fingerprint density at radius 2 is 1.84 bits per heavy atom. The minimum Gasteiger partial charge on any atom is -0.207 e. The summed E-state index contributed by atoms with van der Waals surface area (Å²) in [7, 11) is 0. The first kappa shape index (κ1) is 15.0. The van der Waals surface area contributed by atoms with Crippen molar-refractivity contribution in [1.82, 2.24) is 0 Å². The Morgan fingerprint density at radius 1 is 1.11 bits per heavy atom. The van der Waals surface area contributed by atoms with E-state index in [0.29, 0.717) is 10.6 Å². The highest BCUT2D eigenvalue weighted by Gasteiger charge is 2.13. The topological polar surface area (TPSA) is 0 Å². The van der Waals surface area contributed by atoms with Crippen LogP contribution in [-0.4, -0.2) is 0 Å². The number of rotatable bonds is 3. The molecule has 0 heterocycles. The quantitative estimate of drug-likeness (QED) is 0.445. The second-order valence-corrected chi connectivity index (χ2v) is 6.18. The van der Waals surface area contributed by atoms with Gasteiger partial charge >= 0.3 is 0 Å². The molecule has 19 heavy (non-hydrogen) atoms. The second kappa shape index (κ2) is 6.37. The van der Waals surface area contributed by atoms with Gasteiger partial charge in [-0.15, -0.1) is 11.6 Å². The van der Waals surface area contributed by atoms with Crippen LogP contribution in [-0.2, 0) is 6.42 Å². The Morgan fingerprint density at radius 3 is 2.47 bits per heavy atom. The van der Waals surface area contributed by atoms with Crippen molar-refractivity contribution in [3.63, 3.8) is 0 Å². The third-order valence-electron chi connectivity index (χ3n) is 2.72. The summed E-state index contributed by atoms with van der Waals surface area (Å²) in [6.07, 6.45) is 0.282. The summed E-state index contributed by atoms with van der Waals surface area (Å²) in [5.41, 5.74) is 1.20. The van der Waals surface area contributed by atoms with E-state index in [1.54, 1.807) is 6.07 Å². The van der Waals surface area contributed by atoms with Crippen molar-refractivity contribution in [2.75, 3.05) is 0 Å². The molecule has 100 valence electrons. The van der Waals surface area contributed by atoms with Crippen LogP contribution in [0.3, 0.4) is 0 Å². The molecule has 2 aromatic carbocycles. The molecule has 0 saturated carbocycles. The van der Waals surface area contributed by atoms with E-state index in [-0.39, 0.29) is 6.42 Å². The van der Waals surface area contributed by atoms with Gasteiger partial charge in [0.1, 0.15) is 11.6 Å². The lowest BCUT2D eigenvalue weighted by molar-refractivity contribution is 0.570. The number of halogens is 5. The van der Waals surface area contributed by atoms with E-state index < -0.39 is 17.0 Å². The minimum atomic E-state index is -0.593. The van der Waals surface area contributed by atoms with Gasteiger partial charge in [0.05, 0.1) is 10.4 Å². The van der Waals surface area contributed by atoms with Gasteiger partial charge in [0.15, 0.2) is 0 Å². The fraction of sp³-hybridized carbons (Fsp3) is 0.143. The summed E-state index contributed by atoms with van der Waals surface area (Å²) in [6, 6.07) is 8.97. The molecule has 0 radical (unpaired) electrons. The Balaban J connectivity index is 2.20. The zero-order valence-electron chi connectivity index (χ0n) is 9.64. The first-order valence-electron chi connectivity index (χ1n) is 5.50. The molecule has 0 fully saturated rings. The SMILES string of the molecule is Fc1ccc(CC(Cl)c2ccc(I)c(Cl)c2)c(F)c1. The van der Waals surface area contributed by atoms with Crippen molar-refractivity contribution in [1.29, 1.82) is 0 Å². The van der Waals surface area contributed by atoms with Gasteiger partial charge in [0.25, 0.3) is 0 Å². The molecular weight excluding hydrogens is 404 g/mol. The van der Waals surface area contributed by atoms with Crippen LogP contribution in [0.2, 0.25) is 5.02 Å². The maximum Gasteiger partial charge on any atom is 0.129 e. The predicted octanol–water partition coefficient (Wildman–Crippen LogP) is 5.75. The van der Waals surface area contributed by atoms with E-state index in [0.717, 1.165) is 15.2 Å². The average Bonchev–Trinajstić information content (AvgIpc) is 2.36. The van der Waals surface area contributed by atoms with E-state index in [1.807, 2.05) is 12.1 Å². The van der Waals surface area contributed by atoms with Crippen LogP contribution in [0, 0.1) is 15.2 Å². The van der Waals surface area contributed by atoms with Crippen LogP contribution >= 0.6 is 45.8 Å². The summed E-state index contributed by atoms with van der Waals surface area (Å²) in [5.74, 6) is -1.17. The Kier molecular flexibility index (Phi) is 5.03. The highest BCUT2D eigenvalue weighted by atomic mass is 127. The van der Waals surface area contributed by atoms with Gasteiger partial charge in [-0.25, -0.2) is 8.78 Å². The molecule has 0 N–H and O–H groups in total. The molecule has 0 bridgehead atoms. The Hall–Kier alpha value is -0.390. The van der Waals surface area contributed by atoms with Crippen LogP contribution < -0.4 is 0 Å². The van der Waals surface area contributed by atoms with E-state index in [1.165, 1.54) is 12.1 Å². The summed E-state index contributed by atoms with van der Waals surface area (Å²) in [6.45, 7) is 0. The number of hydrogen-bond acceptors (Lipinski definition) is 0. The minimum absolute atomic E-state index is 0.282. The van der Waals surface area contributed by atoms with E-state index in [9.17, 15) is 8.78 Å². The normalized spacial score (nSPS) is 12.5. The van der Waals surface area contributed by atoms with Crippen molar-refractivity contribution in [2.45, 2.75) is 11.8 Å². The van der Waals surface area contributed by atoms with Crippen molar-refractivity contribution < 1.29 is 8.78 Å². The lowest BCUT2D eigenvalue weighted by atomic mass is 10.0. The van der Waals surface area contributed by atoms with E-state index >= 15 is 0 Å². The zero-order chi connectivity index (χ0) is 14.0. The summed E-state index contributed by atoms with van der Waals surface area (Å²) in [4.78, 5) is 0. The monoisotopic (exact) mass is 412 g/mol. The fourth-order valence-corrected chi connectivity index (χ4v) is 2.53. The van der Waals surface area contributed by atoms with Crippen LogP contribution in [0.5, 0.6) is 0 Å². The molecule has 0 aliphatic heterocycles. The van der Waals surface area contributed by atoms with Gasteiger partial charge in [-0.3, -0.25) is 0 Å². The molecule has 0 aliphatic carbocycles. The molecule has 0 nitrogen and oxygen atoms in total. The van der Waals surface area contributed by atoms with Crippen molar-refractivity contribution in [3.05, 3.63) is 67.8 Å². The number of alkyl halides is 1. The van der Waals surface area contributed by atoms with E-state index in [4.69, 9.17) is 23.2 Å². The van der Waals surface area contributed by atoms with Crippen LogP contribution in [0.1, 0.15) is 16.5 Å². The molecule has 0 spiro atoms. The van der Waals surface area contributed by atoms with Gasteiger partial charge in [0.2, 0.25) is 0 Å². The van der Waals surface area contributed by atoms with Gasteiger partial charge < -0.3 is 0 Å². The van der Waals surface area contributed by atoms with Gasteiger partial charge in [-0.1, -0.05) is 23.7 Å². The van der Waals surface area contributed by atoms with Crippen LogP contribution in [0.4, 0.5) is 8.78 Å². The standard InChI is InChI=1S/C14H9Cl2F2I/c15-11(8-2-4-14(19)12(16)5-8)6-9-1-3-10(17)7-13(9)18/h1-5,7,11H,6H2. The van der Waals surface area contributed by atoms with Crippen molar-refractivity contribution in [2.24, 2.45) is 0 Å². The summed E-state index contributed by atoms with van der Waals surface area (Å²) in [5, 5.41) is 0.206. The molecular formula is C14H9Cl2F2I. The highest BCUT2D eigenvalue weighted by Crippen LogP contribution is 2.30. The van der Waals surface area contributed by atoms with Crippen LogP contribution in [0.15, 0.2) is 36.4 Å². The van der Waals surface area contributed by atoms with Crippen molar-refractivity contribution in [3.8, 4) is 0 Å².